The van der Waals surface area contributed by atoms with E-state index in [1.54, 1.807) is 30.3 Å². The fourth-order valence-electron chi connectivity index (χ4n) is 3.61. The second-order valence-corrected chi connectivity index (χ2v) is 8.62. The molecule has 0 atom stereocenters. The van der Waals surface area contributed by atoms with E-state index in [1.165, 1.54) is 12.3 Å². The Labute approximate surface area is 215 Å². The van der Waals surface area contributed by atoms with Crippen LogP contribution in [-0.2, 0) is 6.54 Å². The van der Waals surface area contributed by atoms with Gasteiger partial charge >= 0.3 is 0 Å². The number of aryl methyl sites for hydroxylation is 1. The van der Waals surface area contributed by atoms with Crippen molar-refractivity contribution in [2.24, 2.45) is 5.10 Å². The van der Waals surface area contributed by atoms with Crippen LogP contribution in [0.5, 0.6) is 0 Å². The molecule has 0 saturated carbocycles. The summed E-state index contributed by atoms with van der Waals surface area (Å²) in [6.45, 7) is 3.19. The van der Waals surface area contributed by atoms with Gasteiger partial charge in [0.2, 0.25) is 0 Å². The number of carbonyl (C=O) groups is 2. The first-order chi connectivity index (χ1) is 17.4. The number of aliphatic hydroxyl groups excluding tert-OH is 2. The van der Waals surface area contributed by atoms with Gasteiger partial charge < -0.3 is 15.5 Å². The highest BCUT2D eigenvalue weighted by atomic mass is 35.5. The lowest BCUT2D eigenvalue weighted by Crippen LogP contribution is -2.29. The molecule has 0 aliphatic carbocycles. The van der Waals surface area contributed by atoms with Crippen LogP contribution in [0, 0.1) is 6.92 Å². The summed E-state index contributed by atoms with van der Waals surface area (Å²) >= 11 is 6.11. The van der Waals surface area contributed by atoms with Crippen molar-refractivity contribution in [1.29, 1.82) is 0 Å². The zero-order valence-corrected chi connectivity index (χ0v) is 20.7. The first kappa shape index (κ1) is 27.0. The smallest absolute Gasteiger partial charge is 0.273 e. The molecule has 0 unspecified atom stereocenters. The second kappa shape index (κ2) is 13.5. The summed E-state index contributed by atoms with van der Waals surface area (Å²) in [5, 5.41) is 25.6. The van der Waals surface area contributed by atoms with E-state index in [1.807, 2.05) is 42.2 Å². The van der Waals surface area contributed by atoms with E-state index in [-0.39, 0.29) is 18.8 Å². The Morgan fingerprint density at radius 1 is 0.972 bits per heavy atom. The van der Waals surface area contributed by atoms with Crippen molar-refractivity contribution in [3.05, 3.63) is 99.6 Å². The summed E-state index contributed by atoms with van der Waals surface area (Å²) in [5.41, 5.74) is 6.11. The third-order valence-corrected chi connectivity index (χ3v) is 5.56. The molecule has 0 saturated heterocycles. The van der Waals surface area contributed by atoms with Gasteiger partial charge in [-0.1, -0.05) is 53.6 Å². The Morgan fingerprint density at radius 3 is 2.44 bits per heavy atom. The first-order valence-electron chi connectivity index (χ1n) is 11.4. The van der Waals surface area contributed by atoms with Gasteiger partial charge in [-0.15, -0.1) is 0 Å². The van der Waals surface area contributed by atoms with Gasteiger partial charge in [-0.3, -0.25) is 14.5 Å². The van der Waals surface area contributed by atoms with Crippen molar-refractivity contribution in [2.45, 2.75) is 13.5 Å². The maximum atomic E-state index is 13.0. The molecule has 0 spiro atoms. The van der Waals surface area contributed by atoms with Crippen LogP contribution in [0.3, 0.4) is 0 Å². The number of nitrogens with zero attached hydrogens (tertiary/aromatic N) is 2. The molecule has 36 heavy (non-hydrogen) atoms. The standard InChI is InChI=1S/C27H29ClN4O4/c1-19-4-2-5-20(14-19)17-29-31-27(36)24-16-23(28)8-9-25(24)30-26(35)22-7-3-6-21(15-22)18-32(10-12-33)11-13-34/h2-9,14-17,33-34H,10-13,18H2,1H3,(H,30,35)(H,31,36)/b29-17+. The monoisotopic (exact) mass is 508 g/mol. The summed E-state index contributed by atoms with van der Waals surface area (Å²) in [4.78, 5) is 27.7. The number of amides is 2. The largest absolute Gasteiger partial charge is 0.395 e. The molecule has 0 aromatic heterocycles. The number of hydrazone groups is 1. The molecule has 188 valence electrons. The minimum atomic E-state index is -0.519. The molecule has 4 N–H and O–H groups in total. The summed E-state index contributed by atoms with van der Waals surface area (Å²) in [5.74, 6) is -0.915. The molecule has 3 rings (SSSR count). The van der Waals surface area contributed by atoms with Gasteiger partial charge in [0, 0.05) is 30.2 Å². The Balaban J connectivity index is 1.73. The fraction of sp³-hybridized carbons (Fsp3) is 0.222. The molecular formula is C27H29ClN4O4. The lowest BCUT2D eigenvalue weighted by molar-refractivity contribution is 0.0956. The topological polar surface area (TPSA) is 114 Å². The number of aliphatic hydroxyl groups is 2. The third-order valence-electron chi connectivity index (χ3n) is 5.32. The zero-order valence-electron chi connectivity index (χ0n) is 19.9. The predicted molar refractivity (Wildman–Crippen MR) is 142 cm³/mol. The maximum Gasteiger partial charge on any atom is 0.273 e. The van der Waals surface area contributed by atoms with Crippen LogP contribution < -0.4 is 10.7 Å². The number of rotatable bonds is 11. The SMILES string of the molecule is Cc1cccc(/C=N/NC(=O)c2cc(Cl)ccc2NC(=O)c2cccc(CN(CCO)CCO)c2)c1. The van der Waals surface area contributed by atoms with E-state index in [9.17, 15) is 19.8 Å². The lowest BCUT2D eigenvalue weighted by Gasteiger charge is -2.20. The van der Waals surface area contributed by atoms with E-state index < -0.39 is 11.8 Å². The van der Waals surface area contributed by atoms with Crippen LogP contribution in [-0.4, -0.2) is 59.4 Å². The van der Waals surface area contributed by atoms with Gasteiger partial charge in [-0.2, -0.15) is 5.10 Å². The predicted octanol–water partition coefficient (Wildman–Crippen LogP) is 3.45. The van der Waals surface area contributed by atoms with Gasteiger partial charge in [0.05, 0.1) is 30.7 Å². The quantitative estimate of drug-likeness (QED) is 0.234. The van der Waals surface area contributed by atoms with Gasteiger partial charge in [0.25, 0.3) is 11.8 Å². The van der Waals surface area contributed by atoms with E-state index in [4.69, 9.17) is 11.6 Å². The molecule has 0 radical (unpaired) electrons. The highest BCUT2D eigenvalue weighted by Gasteiger charge is 2.16. The number of nitrogens with one attached hydrogen (secondary N) is 2. The Hall–Kier alpha value is -3.56. The van der Waals surface area contributed by atoms with Crippen LogP contribution in [0.15, 0.2) is 71.8 Å². The number of carbonyl (C=O) groups excluding carboxylic acids is 2. The van der Waals surface area contributed by atoms with E-state index >= 15 is 0 Å². The molecule has 9 heteroatoms. The number of halogens is 1. The average Bonchev–Trinajstić information content (AvgIpc) is 2.85. The molecule has 0 aliphatic heterocycles. The van der Waals surface area contributed by atoms with Gasteiger partial charge in [0.15, 0.2) is 0 Å². The number of hydrogen-bond acceptors (Lipinski definition) is 6. The molecule has 0 heterocycles. The number of benzene rings is 3. The molecule has 3 aromatic rings. The first-order valence-corrected chi connectivity index (χ1v) is 11.8. The third kappa shape index (κ3) is 8.00. The van der Waals surface area contributed by atoms with Crippen LogP contribution in [0.2, 0.25) is 5.02 Å². The highest BCUT2D eigenvalue weighted by Crippen LogP contribution is 2.22. The van der Waals surface area contributed by atoms with Crippen LogP contribution in [0.4, 0.5) is 5.69 Å². The summed E-state index contributed by atoms with van der Waals surface area (Å²) in [6.07, 6.45) is 1.54. The van der Waals surface area contributed by atoms with Crippen molar-refractivity contribution >= 4 is 35.3 Å². The fourth-order valence-corrected chi connectivity index (χ4v) is 3.78. The Morgan fingerprint density at radius 2 is 1.72 bits per heavy atom. The Bertz CT molecular complexity index is 1230. The molecule has 3 aromatic carbocycles. The van der Waals surface area contributed by atoms with Crippen molar-refractivity contribution in [1.82, 2.24) is 10.3 Å². The van der Waals surface area contributed by atoms with E-state index in [0.29, 0.717) is 35.9 Å². The minimum absolute atomic E-state index is 0.0311. The van der Waals surface area contributed by atoms with Gasteiger partial charge in [-0.25, -0.2) is 5.43 Å². The van der Waals surface area contributed by atoms with Crippen molar-refractivity contribution in [3.63, 3.8) is 0 Å². The van der Waals surface area contributed by atoms with Crippen molar-refractivity contribution < 1.29 is 19.8 Å². The maximum absolute atomic E-state index is 13.0. The summed E-state index contributed by atoms with van der Waals surface area (Å²) < 4.78 is 0. The average molecular weight is 509 g/mol. The molecule has 8 nitrogen and oxygen atoms in total. The number of hydrogen-bond donors (Lipinski definition) is 4. The van der Waals surface area contributed by atoms with Gasteiger partial charge in [0.1, 0.15) is 0 Å². The molecule has 0 bridgehead atoms. The number of anilines is 1. The van der Waals surface area contributed by atoms with Crippen LogP contribution >= 0.6 is 11.6 Å². The van der Waals surface area contributed by atoms with Crippen molar-refractivity contribution in [3.8, 4) is 0 Å². The van der Waals surface area contributed by atoms with Gasteiger partial charge in [-0.05, 0) is 48.4 Å². The van der Waals surface area contributed by atoms with E-state index in [0.717, 1.165) is 16.7 Å². The minimum Gasteiger partial charge on any atom is -0.395 e. The molecule has 0 fully saturated rings. The van der Waals surface area contributed by atoms with Crippen molar-refractivity contribution in [2.75, 3.05) is 31.6 Å². The van der Waals surface area contributed by atoms with Crippen LogP contribution in [0.1, 0.15) is 37.4 Å². The normalized spacial score (nSPS) is 11.1. The highest BCUT2D eigenvalue weighted by molar-refractivity contribution is 6.31. The Kier molecular flexibility index (Phi) is 10.1. The molecule has 2 amide bonds. The second-order valence-electron chi connectivity index (χ2n) is 8.18. The molecule has 0 aliphatic rings. The lowest BCUT2D eigenvalue weighted by atomic mass is 10.1. The summed E-state index contributed by atoms with van der Waals surface area (Å²) in [7, 11) is 0. The van der Waals surface area contributed by atoms with E-state index in [2.05, 4.69) is 15.8 Å². The van der Waals surface area contributed by atoms with Crippen LogP contribution in [0.25, 0.3) is 0 Å². The summed E-state index contributed by atoms with van der Waals surface area (Å²) in [6, 6.07) is 19.3. The zero-order chi connectivity index (χ0) is 25.9. The molecular weight excluding hydrogens is 480 g/mol.